The average Bonchev–Trinajstić information content (AvgIpc) is 3.09. The van der Waals surface area contributed by atoms with Crippen molar-refractivity contribution in [2.24, 2.45) is 5.92 Å². The largest absolute Gasteiger partial charge is 0.327 e. The number of hydrogen-bond acceptors (Lipinski definition) is 0. The van der Waals surface area contributed by atoms with Gasteiger partial charge in [-0.1, -0.05) is 54.5 Å². The summed E-state index contributed by atoms with van der Waals surface area (Å²) >= 11 is 0. The van der Waals surface area contributed by atoms with Crippen LogP contribution in [0.2, 0.25) is 0 Å². The van der Waals surface area contributed by atoms with Crippen LogP contribution in [0.3, 0.4) is 0 Å². The zero-order valence-corrected chi connectivity index (χ0v) is 21.1. The first-order chi connectivity index (χ1) is 15.3. The van der Waals surface area contributed by atoms with Crippen LogP contribution in [0.1, 0.15) is 59.8 Å². The van der Waals surface area contributed by atoms with Crippen LogP contribution in [0.5, 0.6) is 0 Å². The van der Waals surface area contributed by atoms with E-state index in [1.54, 1.807) is 13.0 Å². The predicted molar refractivity (Wildman–Crippen MR) is 124 cm³/mol. The first kappa shape index (κ1) is 30.6. The van der Waals surface area contributed by atoms with Crippen LogP contribution in [0.4, 0.5) is 35.1 Å². The number of alkyl halides is 8. The molecule has 1 saturated carbocycles. The van der Waals surface area contributed by atoms with Crippen LogP contribution in [0.15, 0.2) is 53.8 Å². The Kier molecular flexibility index (Phi) is 9.29. The average molecular weight is 516 g/mol. The fourth-order valence-electron chi connectivity index (χ4n) is 4.06. The molecule has 6 unspecified atom stereocenters. The molecule has 0 aromatic rings. The van der Waals surface area contributed by atoms with E-state index in [4.69, 9.17) is 0 Å². The maximum Gasteiger partial charge on any atom is 0.327 e. The van der Waals surface area contributed by atoms with Gasteiger partial charge < -0.3 is 0 Å². The second-order valence-corrected chi connectivity index (χ2v) is 10.0. The van der Waals surface area contributed by atoms with Crippen molar-refractivity contribution in [2.75, 3.05) is 0 Å². The molecule has 0 aromatic heterocycles. The van der Waals surface area contributed by atoms with Crippen LogP contribution in [-0.4, -0.2) is 34.8 Å². The van der Waals surface area contributed by atoms with Crippen molar-refractivity contribution in [3.05, 3.63) is 53.8 Å². The highest BCUT2D eigenvalue weighted by Gasteiger charge is 3.04. The molecular formula is C25H33F8P. The van der Waals surface area contributed by atoms with Crippen molar-refractivity contribution in [1.29, 1.82) is 0 Å². The normalized spacial score (nSPS) is 27.9. The first-order valence-electron chi connectivity index (χ1n) is 11.0. The van der Waals surface area contributed by atoms with Gasteiger partial charge in [0.2, 0.25) is 11.8 Å². The molecule has 0 aromatic carbocycles. The fraction of sp³-hybridized carbons (Fsp3) is 0.640. The van der Waals surface area contributed by atoms with Gasteiger partial charge >= 0.3 is 11.8 Å². The van der Waals surface area contributed by atoms with E-state index in [-0.39, 0.29) is 24.0 Å². The van der Waals surface area contributed by atoms with E-state index in [0.29, 0.717) is 17.6 Å². The van der Waals surface area contributed by atoms with Crippen molar-refractivity contribution in [1.82, 2.24) is 0 Å². The number of halogens is 8. The summed E-state index contributed by atoms with van der Waals surface area (Å²) in [4.78, 5) is 0. The molecular weight excluding hydrogens is 483 g/mol. The summed E-state index contributed by atoms with van der Waals surface area (Å²) in [6, 6.07) is 0. The lowest BCUT2D eigenvalue weighted by molar-refractivity contribution is -0.198. The number of allylic oxidation sites excluding steroid dienone is 5. The van der Waals surface area contributed by atoms with E-state index in [1.807, 2.05) is 6.92 Å². The molecule has 1 fully saturated rings. The second-order valence-electron chi connectivity index (χ2n) is 9.14. The van der Waals surface area contributed by atoms with Gasteiger partial charge in [-0.2, -0.15) is 17.6 Å². The molecule has 0 N–H and O–H groups in total. The van der Waals surface area contributed by atoms with Crippen LogP contribution >= 0.6 is 9.24 Å². The van der Waals surface area contributed by atoms with E-state index < -0.39 is 53.5 Å². The lowest BCUT2D eigenvalue weighted by atomic mass is 9.87. The van der Waals surface area contributed by atoms with Gasteiger partial charge in [0.15, 0.2) is 5.41 Å². The fourth-order valence-corrected chi connectivity index (χ4v) is 4.43. The van der Waals surface area contributed by atoms with Crippen molar-refractivity contribution >= 4 is 9.24 Å². The summed E-state index contributed by atoms with van der Waals surface area (Å²) in [7, 11) is 1.25. The Hall–Kier alpha value is -1.39. The highest BCUT2D eigenvalue weighted by Crippen LogP contribution is 2.76. The van der Waals surface area contributed by atoms with Crippen LogP contribution < -0.4 is 0 Å². The summed E-state index contributed by atoms with van der Waals surface area (Å²) in [5.41, 5.74) is -5.68. The van der Waals surface area contributed by atoms with E-state index in [2.05, 4.69) is 25.5 Å². The van der Waals surface area contributed by atoms with Gasteiger partial charge in [-0.3, -0.25) is 0 Å². The molecule has 1 aliphatic rings. The number of hydrogen-bond donors (Lipinski definition) is 0. The van der Waals surface area contributed by atoms with Crippen LogP contribution in [-0.2, 0) is 0 Å². The van der Waals surface area contributed by atoms with Gasteiger partial charge in [0, 0.05) is 0 Å². The van der Waals surface area contributed by atoms with Crippen LogP contribution in [0.25, 0.3) is 0 Å². The van der Waals surface area contributed by atoms with Crippen molar-refractivity contribution in [3.8, 4) is 0 Å². The molecule has 0 nitrogen and oxygen atoms in total. The molecule has 1 rings (SSSR count). The third-order valence-corrected chi connectivity index (χ3v) is 7.49. The summed E-state index contributed by atoms with van der Waals surface area (Å²) in [5, 5.41) is -3.50. The molecule has 0 amide bonds. The lowest BCUT2D eigenvalue weighted by Gasteiger charge is -2.36. The Morgan fingerprint density at radius 2 is 1.59 bits per heavy atom. The Balaban J connectivity index is 3.18. The summed E-state index contributed by atoms with van der Waals surface area (Å²) in [6.07, 6.45) is -3.67. The minimum Gasteiger partial charge on any atom is -0.237 e. The molecule has 0 saturated heterocycles. The molecule has 9 heteroatoms. The Morgan fingerprint density at radius 3 is 2.00 bits per heavy atom. The molecule has 0 radical (unpaired) electrons. The van der Waals surface area contributed by atoms with Gasteiger partial charge in [-0.15, -0.1) is 5.73 Å². The monoisotopic (exact) mass is 516 g/mol. The standard InChI is InChI=1S/C25H33F8P/c1-8-10-19(16(5)6)12-11-17(7)22(28,34)20(26)23(29,30)24(31)21(27,25(24,32)33)14-13-18(9-2)15(3)4/h10,17,20H,2-3,5,8,11-14,34H2,1,4,6-7H3/b19-10+. The van der Waals surface area contributed by atoms with Gasteiger partial charge in [-0.25, -0.2) is 17.6 Å². The highest BCUT2D eigenvalue weighted by molar-refractivity contribution is 7.18. The van der Waals surface area contributed by atoms with E-state index in [0.717, 1.165) is 6.92 Å². The molecule has 0 spiro atoms. The van der Waals surface area contributed by atoms with Crippen molar-refractivity contribution < 1.29 is 35.1 Å². The van der Waals surface area contributed by atoms with Gasteiger partial charge in [-0.05, 0) is 68.6 Å². The molecule has 0 aliphatic heterocycles. The maximum absolute atomic E-state index is 15.2. The molecule has 194 valence electrons. The topological polar surface area (TPSA) is 0 Å². The van der Waals surface area contributed by atoms with Crippen molar-refractivity contribution in [2.45, 2.75) is 94.6 Å². The quantitative estimate of drug-likeness (QED) is 0.0992. The molecule has 1 aliphatic carbocycles. The van der Waals surface area contributed by atoms with Gasteiger partial charge in [0.1, 0.15) is 0 Å². The minimum absolute atomic E-state index is 0.0372. The maximum atomic E-state index is 15.2. The SMILES string of the molecule is C=C=C(CCC1(F)C(F)(F)C1(F)C(F)(F)C(F)C(F)(P)C(C)CC/C(=C\CC)C(=C)C)C(=C)C. The molecule has 0 heterocycles. The first-order valence-corrected chi connectivity index (χ1v) is 11.5. The van der Waals surface area contributed by atoms with Crippen LogP contribution in [0, 0.1) is 5.92 Å². The lowest BCUT2D eigenvalue weighted by Crippen LogP contribution is -2.55. The zero-order chi connectivity index (χ0) is 26.9. The summed E-state index contributed by atoms with van der Waals surface area (Å²) < 4.78 is 118. The minimum atomic E-state index is -5.66. The predicted octanol–water partition coefficient (Wildman–Crippen LogP) is 8.96. The zero-order valence-electron chi connectivity index (χ0n) is 20.0. The van der Waals surface area contributed by atoms with E-state index in [1.165, 1.54) is 16.2 Å². The van der Waals surface area contributed by atoms with Crippen molar-refractivity contribution in [3.63, 3.8) is 0 Å². The summed E-state index contributed by atoms with van der Waals surface area (Å²) in [5.74, 6) is -12.3. The summed E-state index contributed by atoms with van der Waals surface area (Å²) in [6.45, 7) is 16.5. The number of rotatable bonds is 13. The third-order valence-electron chi connectivity index (χ3n) is 6.63. The Labute approximate surface area is 199 Å². The molecule has 6 atom stereocenters. The Morgan fingerprint density at radius 1 is 1.06 bits per heavy atom. The smallest absolute Gasteiger partial charge is 0.237 e. The molecule has 0 bridgehead atoms. The van der Waals surface area contributed by atoms with E-state index in [9.17, 15) is 26.3 Å². The Bertz CT molecular complexity index is 883. The molecule has 34 heavy (non-hydrogen) atoms. The third kappa shape index (κ3) is 4.82. The van der Waals surface area contributed by atoms with Gasteiger partial charge in [0.05, 0.1) is 0 Å². The van der Waals surface area contributed by atoms with E-state index >= 15 is 8.78 Å². The second kappa shape index (κ2) is 10.3. The van der Waals surface area contributed by atoms with Gasteiger partial charge in [0.25, 0.3) is 5.67 Å². The highest BCUT2D eigenvalue weighted by atomic mass is 31.0.